The molecule has 0 aliphatic carbocycles. The van der Waals surface area contributed by atoms with Gasteiger partial charge in [-0.05, 0) is 73.1 Å². The van der Waals surface area contributed by atoms with Gasteiger partial charge in [-0.15, -0.1) is 0 Å². The van der Waals surface area contributed by atoms with Crippen LogP contribution in [0, 0.1) is 13.8 Å². The molecule has 0 amide bonds. The van der Waals surface area contributed by atoms with Crippen LogP contribution >= 0.6 is 12.2 Å². The molecule has 0 saturated carbocycles. The summed E-state index contributed by atoms with van der Waals surface area (Å²) in [7, 11) is 0. The van der Waals surface area contributed by atoms with Crippen molar-refractivity contribution >= 4 is 28.7 Å². The highest BCUT2D eigenvalue weighted by atomic mass is 32.1. The van der Waals surface area contributed by atoms with Gasteiger partial charge in [0, 0.05) is 29.6 Å². The zero-order valence-corrected chi connectivity index (χ0v) is 19.0. The average Bonchev–Trinajstić information content (AvgIpc) is 2.80. The molecule has 2 aromatic carbocycles. The van der Waals surface area contributed by atoms with Crippen molar-refractivity contribution in [2.24, 2.45) is 0 Å². The summed E-state index contributed by atoms with van der Waals surface area (Å²) >= 11 is 5.50. The minimum atomic E-state index is -0.222. The van der Waals surface area contributed by atoms with Gasteiger partial charge >= 0.3 is 0 Å². The number of ether oxygens (including phenoxy) is 1. The zero-order valence-electron chi connectivity index (χ0n) is 18.2. The van der Waals surface area contributed by atoms with Crippen LogP contribution in [-0.2, 0) is 0 Å². The highest BCUT2D eigenvalue weighted by Crippen LogP contribution is 2.36. The van der Waals surface area contributed by atoms with E-state index in [1.54, 1.807) is 24.4 Å². The predicted octanol–water partition coefficient (Wildman–Crippen LogP) is 4.80. The summed E-state index contributed by atoms with van der Waals surface area (Å²) in [5.74, 6) is 0.918. The molecule has 1 aliphatic rings. The SMILES string of the molecule is Cc1cccc(C)c1NC(=S)NNC1=CC(C(C)c2cccnc2)Oc2ccc(O)cc21. The van der Waals surface area contributed by atoms with E-state index in [0.29, 0.717) is 10.9 Å². The van der Waals surface area contributed by atoms with Crippen LogP contribution in [0.5, 0.6) is 11.5 Å². The summed E-state index contributed by atoms with van der Waals surface area (Å²) in [5.41, 5.74) is 12.1. The molecule has 2 atom stereocenters. The maximum absolute atomic E-state index is 10.0. The number of hydrazine groups is 1. The quantitative estimate of drug-likeness (QED) is 0.331. The highest BCUT2D eigenvalue weighted by Gasteiger charge is 2.27. The molecule has 2 unspecified atom stereocenters. The standard InChI is InChI=1S/C25H26N4O2S/c1-15-6-4-7-16(2)24(15)27-25(32)29-28-21-13-23(17(3)18-8-5-11-26-14-18)31-22-10-9-19(30)12-20(21)22/h4-14,17,23,28,30H,1-3H3,(H2,27,29,32). The normalized spacial score (nSPS) is 15.6. The molecule has 0 radical (unpaired) electrons. The van der Waals surface area contributed by atoms with E-state index in [2.05, 4.69) is 28.1 Å². The van der Waals surface area contributed by atoms with E-state index in [9.17, 15) is 5.11 Å². The van der Waals surface area contributed by atoms with E-state index in [4.69, 9.17) is 17.0 Å². The maximum Gasteiger partial charge on any atom is 0.189 e. The van der Waals surface area contributed by atoms with Crippen LogP contribution in [0.2, 0.25) is 0 Å². The van der Waals surface area contributed by atoms with Crippen molar-refractivity contribution in [3.05, 3.63) is 89.3 Å². The lowest BCUT2D eigenvalue weighted by Crippen LogP contribution is -2.41. The summed E-state index contributed by atoms with van der Waals surface area (Å²) < 4.78 is 6.24. The summed E-state index contributed by atoms with van der Waals surface area (Å²) in [6.45, 7) is 6.17. The largest absolute Gasteiger partial charge is 0.508 e. The van der Waals surface area contributed by atoms with Crippen molar-refractivity contribution < 1.29 is 9.84 Å². The van der Waals surface area contributed by atoms with E-state index in [1.165, 1.54) is 0 Å². The van der Waals surface area contributed by atoms with Crippen LogP contribution < -0.4 is 20.9 Å². The summed E-state index contributed by atoms with van der Waals surface area (Å²) in [6, 6.07) is 15.1. The number of thiocarbonyl (C=S) groups is 1. The Bertz CT molecular complexity index is 1140. The molecule has 0 bridgehead atoms. The van der Waals surface area contributed by atoms with Gasteiger partial charge in [-0.2, -0.15) is 0 Å². The van der Waals surface area contributed by atoms with Crippen molar-refractivity contribution in [3.63, 3.8) is 0 Å². The third-order valence-corrected chi connectivity index (χ3v) is 5.78. The first kappa shape index (κ1) is 21.6. The summed E-state index contributed by atoms with van der Waals surface area (Å²) in [4.78, 5) is 4.23. The fourth-order valence-corrected chi connectivity index (χ4v) is 3.89. The lowest BCUT2D eigenvalue weighted by molar-refractivity contribution is 0.217. The van der Waals surface area contributed by atoms with Crippen molar-refractivity contribution in [1.82, 2.24) is 15.8 Å². The number of fused-ring (bicyclic) bond motifs is 1. The van der Waals surface area contributed by atoms with Crippen molar-refractivity contribution in [2.75, 3.05) is 5.32 Å². The predicted molar refractivity (Wildman–Crippen MR) is 132 cm³/mol. The van der Waals surface area contributed by atoms with Gasteiger partial charge in [0.05, 0.1) is 5.70 Å². The molecule has 4 N–H and O–H groups in total. The molecule has 32 heavy (non-hydrogen) atoms. The van der Waals surface area contributed by atoms with Crippen LogP contribution in [0.3, 0.4) is 0 Å². The van der Waals surface area contributed by atoms with Gasteiger partial charge in [0.1, 0.15) is 17.6 Å². The second kappa shape index (κ2) is 9.28. The number of aromatic nitrogens is 1. The molecule has 4 rings (SSSR count). The van der Waals surface area contributed by atoms with E-state index in [0.717, 1.165) is 33.6 Å². The van der Waals surface area contributed by atoms with Gasteiger partial charge in [0.2, 0.25) is 0 Å². The summed E-state index contributed by atoms with van der Waals surface area (Å²) in [6.07, 6.45) is 5.38. The van der Waals surface area contributed by atoms with E-state index < -0.39 is 0 Å². The number of phenols is 1. The fourth-order valence-electron chi connectivity index (χ4n) is 3.74. The van der Waals surface area contributed by atoms with Crippen molar-refractivity contribution in [3.8, 4) is 11.5 Å². The Morgan fingerprint density at radius 1 is 1.12 bits per heavy atom. The Hall–Kier alpha value is -3.58. The van der Waals surface area contributed by atoms with Crippen LogP contribution in [0.25, 0.3) is 5.70 Å². The molecule has 6 nitrogen and oxygen atoms in total. The Morgan fingerprint density at radius 3 is 2.62 bits per heavy atom. The van der Waals surface area contributed by atoms with Crippen LogP contribution in [0.1, 0.15) is 35.1 Å². The van der Waals surface area contributed by atoms with E-state index in [1.807, 2.05) is 56.5 Å². The molecule has 7 heteroatoms. The van der Waals surface area contributed by atoms with Crippen LogP contribution in [0.4, 0.5) is 5.69 Å². The van der Waals surface area contributed by atoms with Gasteiger partial charge in [-0.25, -0.2) is 0 Å². The Morgan fingerprint density at radius 2 is 1.91 bits per heavy atom. The minimum absolute atomic E-state index is 0.0714. The Balaban J connectivity index is 1.55. The molecular weight excluding hydrogens is 420 g/mol. The van der Waals surface area contributed by atoms with Gasteiger partial charge in [-0.3, -0.25) is 15.8 Å². The van der Waals surface area contributed by atoms with Gasteiger partial charge < -0.3 is 15.2 Å². The first-order chi connectivity index (χ1) is 15.4. The molecule has 0 fully saturated rings. The van der Waals surface area contributed by atoms with Gasteiger partial charge in [0.25, 0.3) is 0 Å². The second-order valence-electron chi connectivity index (χ2n) is 7.89. The number of aryl methyl sites for hydroxylation is 2. The van der Waals surface area contributed by atoms with Gasteiger partial charge in [0.15, 0.2) is 5.11 Å². The van der Waals surface area contributed by atoms with Crippen LogP contribution in [-0.4, -0.2) is 21.3 Å². The maximum atomic E-state index is 10.0. The van der Waals surface area contributed by atoms with E-state index >= 15 is 0 Å². The number of anilines is 1. The highest BCUT2D eigenvalue weighted by molar-refractivity contribution is 7.80. The van der Waals surface area contributed by atoms with Crippen molar-refractivity contribution in [2.45, 2.75) is 32.8 Å². The number of nitrogens with zero attached hydrogens (tertiary/aromatic N) is 1. The second-order valence-corrected chi connectivity index (χ2v) is 8.30. The molecular formula is C25H26N4O2S. The minimum Gasteiger partial charge on any atom is -0.508 e. The number of aromatic hydroxyl groups is 1. The molecule has 164 valence electrons. The first-order valence-corrected chi connectivity index (χ1v) is 10.8. The van der Waals surface area contributed by atoms with Crippen LogP contribution in [0.15, 0.2) is 67.0 Å². The van der Waals surface area contributed by atoms with Gasteiger partial charge in [-0.1, -0.05) is 31.2 Å². The zero-order chi connectivity index (χ0) is 22.7. The number of benzene rings is 2. The molecule has 1 aromatic heterocycles. The number of pyridine rings is 1. The molecule has 1 aliphatic heterocycles. The lowest BCUT2D eigenvalue weighted by atomic mass is 9.93. The Labute approximate surface area is 193 Å². The third-order valence-electron chi connectivity index (χ3n) is 5.58. The first-order valence-electron chi connectivity index (χ1n) is 10.4. The Kier molecular flexibility index (Phi) is 6.28. The number of para-hydroxylation sites is 1. The number of phenolic OH excluding ortho intramolecular Hbond substituents is 1. The number of rotatable bonds is 5. The molecule has 0 saturated heterocycles. The third kappa shape index (κ3) is 4.68. The van der Waals surface area contributed by atoms with E-state index in [-0.39, 0.29) is 17.8 Å². The molecule has 0 spiro atoms. The molecule has 3 aromatic rings. The number of hydrogen-bond donors (Lipinski definition) is 4. The molecule has 2 heterocycles. The fraction of sp³-hybridized carbons (Fsp3) is 0.200. The number of hydrogen-bond acceptors (Lipinski definition) is 5. The average molecular weight is 447 g/mol. The van der Waals surface area contributed by atoms with Crippen molar-refractivity contribution in [1.29, 1.82) is 0 Å². The number of nitrogens with one attached hydrogen (secondary N) is 3. The summed E-state index contributed by atoms with van der Waals surface area (Å²) in [5, 5.41) is 13.7. The lowest BCUT2D eigenvalue weighted by Gasteiger charge is -2.30. The topological polar surface area (TPSA) is 78.4 Å². The smallest absolute Gasteiger partial charge is 0.189 e. The monoisotopic (exact) mass is 446 g/mol.